The molecule has 0 saturated heterocycles. The number of rotatable bonds is 5. The molecule has 1 aromatic rings. The van der Waals surface area contributed by atoms with Gasteiger partial charge in [0.25, 0.3) is 0 Å². The van der Waals surface area contributed by atoms with Crippen molar-refractivity contribution in [2.75, 3.05) is 7.11 Å². The van der Waals surface area contributed by atoms with Crippen LogP contribution in [0.4, 0.5) is 0 Å². The van der Waals surface area contributed by atoms with Crippen LogP contribution in [0.1, 0.15) is 20.8 Å². The monoisotopic (exact) mass is 239 g/mol. The van der Waals surface area contributed by atoms with Crippen LogP contribution < -0.4 is 11.2 Å². The zero-order valence-electron chi connectivity index (χ0n) is 10.6. The van der Waals surface area contributed by atoms with Crippen molar-refractivity contribution in [2.45, 2.75) is 32.9 Å². The predicted molar refractivity (Wildman–Crippen MR) is 64.7 cm³/mol. The van der Waals surface area contributed by atoms with Crippen LogP contribution >= 0.6 is 0 Å². The Morgan fingerprint density at radius 1 is 1.59 bits per heavy atom. The van der Waals surface area contributed by atoms with Gasteiger partial charge in [0.1, 0.15) is 6.54 Å². The Morgan fingerprint density at radius 2 is 2.24 bits per heavy atom. The Morgan fingerprint density at radius 3 is 2.71 bits per heavy atom. The third kappa shape index (κ3) is 4.58. The molecule has 6 nitrogen and oxygen atoms in total. The Bertz CT molecular complexity index is 386. The smallest absolute Gasteiger partial charge is 0.410 e. The second-order valence-corrected chi connectivity index (χ2v) is 4.74. The molecule has 17 heavy (non-hydrogen) atoms. The van der Waals surface area contributed by atoms with Crippen molar-refractivity contribution in [3.63, 3.8) is 0 Å². The van der Waals surface area contributed by atoms with Crippen molar-refractivity contribution >= 4 is 18.5 Å². The number of amides is 1. The van der Waals surface area contributed by atoms with Gasteiger partial charge in [-0.3, -0.25) is 9.48 Å². The molecule has 0 radical (unpaired) electrons. The predicted octanol–water partition coefficient (Wildman–Crippen LogP) is -0.475. The van der Waals surface area contributed by atoms with Crippen LogP contribution in [0.25, 0.3) is 0 Å². The van der Waals surface area contributed by atoms with Crippen LogP contribution in [0.3, 0.4) is 0 Å². The van der Waals surface area contributed by atoms with E-state index in [4.69, 9.17) is 15.0 Å². The van der Waals surface area contributed by atoms with E-state index in [2.05, 4.69) is 5.10 Å². The number of aromatic nitrogens is 2. The van der Waals surface area contributed by atoms with Gasteiger partial charge in [-0.05, 0) is 20.8 Å². The van der Waals surface area contributed by atoms with E-state index in [1.165, 1.54) is 4.68 Å². The maximum Gasteiger partial charge on any atom is 0.497 e. The average Bonchev–Trinajstić information content (AvgIpc) is 2.60. The summed E-state index contributed by atoms with van der Waals surface area (Å²) < 4.78 is 12.4. The summed E-state index contributed by atoms with van der Waals surface area (Å²) in [6, 6.07) is 0. The highest BCUT2D eigenvalue weighted by Crippen LogP contribution is 2.09. The normalized spacial score (nSPS) is 11.5. The topological polar surface area (TPSA) is 79.4 Å². The van der Waals surface area contributed by atoms with E-state index in [-0.39, 0.29) is 12.1 Å². The molecule has 0 aliphatic carbocycles. The van der Waals surface area contributed by atoms with E-state index in [1.54, 1.807) is 19.5 Å². The van der Waals surface area contributed by atoms with Gasteiger partial charge in [-0.2, -0.15) is 5.10 Å². The molecule has 1 amide bonds. The second kappa shape index (κ2) is 5.33. The van der Waals surface area contributed by atoms with Gasteiger partial charge in [0.15, 0.2) is 0 Å². The highest BCUT2D eigenvalue weighted by atomic mass is 16.6. The minimum Gasteiger partial charge on any atom is -0.410 e. The van der Waals surface area contributed by atoms with Gasteiger partial charge in [0.2, 0.25) is 5.91 Å². The number of nitrogens with two attached hydrogens (primary N) is 1. The number of nitrogens with zero attached hydrogens (tertiary/aromatic N) is 2. The fourth-order valence-electron chi connectivity index (χ4n) is 1.32. The Kier molecular flexibility index (Phi) is 4.30. The quantitative estimate of drug-likeness (QED) is 0.704. The first-order chi connectivity index (χ1) is 7.81. The molecule has 0 bridgehead atoms. The van der Waals surface area contributed by atoms with Crippen LogP contribution in [0, 0.1) is 0 Å². The molecule has 0 saturated carbocycles. The van der Waals surface area contributed by atoms with E-state index >= 15 is 0 Å². The molecule has 0 aromatic carbocycles. The van der Waals surface area contributed by atoms with Gasteiger partial charge in [-0.25, -0.2) is 0 Å². The molecule has 1 heterocycles. The highest BCUT2D eigenvalue weighted by Gasteiger charge is 2.27. The minimum absolute atomic E-state index is 0.0476. The minimum atomic E-state index is -0.503. The van der Waals surface area contributed by atoms with Crippen LogP contribution in [0.2, 0.25) is 0 Å². The summed E-state index contributed by atoms with van der Waals surface area (Å²) in [5, 5.41) is 4.01. The third-order valence-corrected chi connectivity index (χ3v) is 1.92. The van der Waals surface area contributed by atoms with Crippen molar-refractivity contribution in [2.24, 2.45) is 5.73 Å². The molecule has 0 aliphatic rings. The molecular formula is C10H18BN3O3. The molecule has 0 atom stereocenters. The molecule has 0 fully saturated rings. The number of hydrogen-bond donors (Lipinski definition) is 1. The Hall–Kier alpha value is -1.34. The Balaban J connectivity index is 2.75. The number of primary amides is 1. The number of carbonyl (C=O) groups is 1. The molecule has 0 spiro atoms. The van der Waals surface area contributed by atoms with Crippen molar-refractivity contribution in [3.8, 4) is 0 Å². The highest BCUT2D eigenvalue weighted by molar-refractivity contribution is 6.61. The number of carbonyl (C=O) groups excluding carboxylic acids is 1. The van der Waals surface area contributed by atoms with Gasteiger partial charge in [0, 0.05) is 30.6 Å². The maximum absolute atomic E-state index is 10.7. The largest absolute Gasteiger partial charge is 0.497 e. The molecule has 0 aliphatic heterocycles. The second-order valence-electron chi connectivity index (χ2n) is 4.74. The lowest BCUT2D eigenvalue weighted by Crippen LogP contribution is -2.41. The van der Waals surface area contributed by atoms with E-state index in [1.807, 2.05) is 20.8 Å². The van der Waals surface area contributed by atoms with Crippen molar-refractivity contribution < 1.29 is 14.1 Å². The van der Waals surface area contributed by atoms with Crippen molar-refractivity contribution in [1.82, 2.24) is 9.78 Å². The summed E-state index contributed by atoms with van der Waals surface area (Å²) in [6.07, 6.45) is 3.29. The summed E-state index contributed by atoms with van der Waals surface area (Å²) in [7, 11) is 1.05. The van der Waals surface area contributed by atoms with Gasteiger partial charge >= 0.3 is 7.12 Å². The van der Waals surface area contributed by atoms with Gasteiger partial charge in [-0.1, -0.05) is 0 Å². The lowest BCUT2D eigenvalue weighted by atomic mass is 9.80. The first-order valence-electron chi connectivity index (χ1n) is 5.33. The molecule has 2 N–H and O–H groups in total. The van der Waals surface area contributed by atoms with Crippen LogP contribution in [-0.2, 0) is 20.6 Å². The number of hydrogen-bond acceptors (Lipinski definition) is 4. The average molecular weight is 239 g/mol. The standard InChI is InChI=1S/C10H18BN3O3/c1-10(2,3)17-11(16-4)8-5-13-14(6-8)7-9(12)15/h5-6H,7H2,1-4H3,(H2,12,15). The van der Waals surface area contributed by atoms with Crippen molar-refractivity contribution in [1.29, 1.82) is 0 Å². The van der Waals surface area contributed by atoms with Crippen molar-refractivity contribution in [3.05, 3.63) is 12.4 Å². The van der Waals surface area contributed by atoms with E-state index in [0.29, 0.717) is 0 Å². The van der Waals surface area contributed by atoms with Gasteiger partial charge in [-0.15, -0.1) is 0 Å². The lowest BCUT2D eigenvalue weighted by molar-refractivity contribution is -0.118. The molecule has 1 rings (SSSR count). The lowest BCUT2D eigenvalue weighted by Gasteiger charge is -2.23. The molecule has 7 heteroatoms. The van der Waals surface area contributed by atoms with E-state index in [0.717, 1.165) is 5.46 Å². The Labute approximate surface area is 101 Å². The summed E-state index contributed by atoms with van der Waals surface area (Å²) in [6.45, 7) is 5.86. The molecular weight excluding hydrogens is 221 g/mol. The van der Waals surface area contributed by atoms with Crippen LogP contribution in [0.15, 0.2) is 12.4 Å². The SMILES string of the molecule is COB(OC(C)(C)C)c1cnn(CC(N)=O)c1. The van der Waals surface area contributed by atoms with Crippen LogP contribution in [-0.4, -0.2) is 35.5 Å². The van der Waals surface area contributed by atoms with Gasteiger partial charge < -0.3 is 15.0 Å². The zero-order valence-corrected chi connectivity index (χ0v) is 10.6. The van der Waals surface area contributed by atoms with E-state index < -0.39 is 13.0 Å². The first-order valence-corrected chi connectivity index (χ1v) is 5.33. The summed E-state index contributed by atoms with van der Waals surface area (Å²) in [5.41, 5.74) is 5.51. The fourth-order valence-corrected chi connectivity index (χ4v) is 1.32. The zero-order chi connectivity index (χ0) is 13.1. The molecule has 94 valence electrons. The van der Waals surface area contributed by atoms with Crippen LogP contribution in [0.5, 0.6) is 0 Å². The van der Waals surface area contributed by atoms with Gasteiger partial charge in [0.05, 0.1) is 0 Å². The first kappa shape index (κ1) is 13.7. The van der Waals surface area contributed by atoms with E-state index in [9.17, 15) is 4.79 Å². The molecule has 0 unspecified atom stereocenters. The summed E-state index contributed by atoms with van der Waals surface area (Å²) >= 11 is 0. The summed E-state index contributed by atoms with van der Waals surface area (Å²) in [5.74, 6) is -0.439. The maximum atomic E-state index is 10.7. The summed E-state index contributed by atoms with van der Waals surface area (Å²) in [4.78, 5) is 10.7. The molecule has 1 aromatic heterocycles. The third-order valence-electron chi connectivity index (χ3n) is 1.92. The fraction of sp³-hybridized carbons (Fsp3) is 0.600.